The quantitative estimate of drug-likeness (QED) is 0.460. The van der Waals surface area contributed by atoms with Gasteiger partial charge in [0, 0.05) is 36.1 Å². The Morgan fingerprint density at radius 1 is 1.09 bits per heavy atom. The number of pyridine rings is 1. The summed E-state index contributed by atoms with van der Waals surface area (Å²) in [5, 5.41) is 16.0. The SMILES string of the molecule is O=C(O)c1ccncc1NC[C@@H]1CCOc2cc(Nc3ccc(OC4CC4)cc3)ccc21. The molecule has 3 N–H and O–H groups in total. The standard InChI is InChI=1S/C25H25N3O4/c29-25(30)22-9-11-26-15-23(22)27-14-16-10-12-31-24-13-18(3-8-21(16)24)28-17-1-4-19(5-2-17)32-20-6-7-20/h1-5,8-9,11,13,15-16,20,27-28H,6-7,10,12,14H2,(H,29,30)/t16-/m0/s1. The molecular weight excluding hydrogens is 406 g/mol. The van der Waals surface area contributed by atoms with Gasteiger partial charge in [-0.3, -0.25) is 4.98 Å². The van der Waals surface area contributed by atoms with Gasteiger partial charge >= 0.3 is 5.97 Å². The van der Waals surface area contributed by atoms with Gasteiger partial charge in [0.05, 0.1) is 30.2 Å². The molecule has 0 unspecified atom stereocenters. The van der Waals surface area contributed by atoms with Gasteiger partial charge in [0.25, 0.3) is 0 Å². The first-order valence-electron chi connectivity index (χ1n) is 10.9. The molecular formula is C25H25N3O4. The number of nitrogens with one attached hydrogen (secondary N) is 2. The van der Waals surface area contributed by atoms with Crippen molar-refractivity contribution in [3.05, 3.63) is 72.1 Å². The minimum Gasteiger partial charge on any atom is -0.493 e. The lowest BCUT2D eigenvalue weighted by Crippen LogP contribution is -2.21. The van der Waals surface area contributed by atoms with Crippen LogP contribution >= 0.6 is 0 Å². The second-order valence-corrected chi connectivity index (χ2v) is 8.16. The average Bonchev–Trinajstić information content (AvgIpc) is 3.63. The number of aromatic nitrogens is 1. The molecule has 2 heterocycles. The van der Waals surface area contributed by atoms with E-state index < -0.39 is 5.97 Å². The molecule has 1 aliphatic carbocycles. The van der Waals surface area contributed by atoms with Crippen LogP contribution in [-0.2, 0) is 0 Å². The molecule has 0 radical (unpaired) electrons. The van der Waals surface area contributed by atoms with Gasteiger partial charge in [-0.15, -0.1) is 0 Å². The lowest BCUT2D eigenvalue weighted by molar-refractivity contribution is 0.0697. The van der Waals surface area contributed by atoms with Gasteiger partial charge in [0.15, 0.2) is 0 Å². The van der Waals surface area contributed by atoms with Crippen LogP contribution in [0.2, 0.25) is 0 Å². The van der Waals surface area contributed by atoms with Crippen molar-refractivity contribution in [2.75, 3.05) is 23.8 Å². The van der Waals surface area contributed by atoms with Gasteiger partial charge in [0.2, 0.25) is 0 Å². The van der Waals surface area contributed by atoms with Crippen molar-refractivity contribution in [1.82, 2.24) is 4.98 Å². The fourth-order valence-corrected chi connectivity index (χ4v) is 3.87. The number of rotatable bonds is 8. The monoisotopic (exact) mass is 431 g/mol. The van der Waals surface area contributed by atoms with Crippen LogP contribution in [0.4, 0.5) is 17.1 Å². The maximum atomic E-state index is 11.4. The first-order chi connectivity index (χ1) is 15.7. The Kier molecular flexibility index (Phi) is 5.54. The van der Waals surface area contributed by atoms with E-state index in [9.17, 15) is 9.90 Å². The normalized spacial score (nSPS) is 17.1. The van der Waals surface area contributed by atoms with Gasteiger partial charge in [-0.1, -0.05) is 6.07 Å². The number of carbonyl (C=O) groups is 1. The van der Waals surface area contributed by atoms with E-state index in [0.717, 1.165) is 47.7 Å². The molecule has 5 rings (SSSR count). The Labute approximate surface area is 186 Å². The summed E-state index contributed by atoms with van der Waals surface area (Å²) in [5.74, 6) is 1.01. The number of hydrogen-bond donors (Lipinski definition) is 3. The van der Waals surface area contributed by atoms with Crippen molar-refractivity contribution in [2.45, 2.75) is 31.3 Å². The summed E-state index contributed by atoms with van der Waals surface area (Å²) in [6, 6.07) is 15.6. The Morgan fingerprint density at radius 3 is 2.69 bits per heavy atom. The van der Waals surface area contributed by atoms with Gasteiger partial charge in [-0.2, -0.15) is 0 Å². The Balaban J connectivity index is 1.26. The molecule has 1 saturated carbocycles. The summed E-state index contributed by atoms with van der Waals surface area (Å²) in [5.41, 5.74) is 3.80. The lowest BCUT2D eigenvalue weighted by atomic mass is 9.92. The highest BCUT2D eigenvalue weighted by Gasteiger charge is 2.24. The number of carboxylic acids is 1. The van der Waals surface area contributed by atoms with E-state index in [4.69, 9.17) is 9.47 Å². The molecule has 0 spiro atoms. The predicted molar refractivity (Wildman–Crippen MR) is 122 cm³/mol. The molecule has 1 atom stereocenters. The lowest BCUT2D eigenvalue weighted by Gasteiger charge is -2.27. The van der Waals surface area contributed by atoms with Crippen LogP contribution in [0.25, 0.3) is 0 Å². The number of carboxylic acid groups (broad SMARTS) is 1. The smallest absolute Gasteiger partial charge is 0.337 e. The molecule has 1 aliphatic heterocycles. The van der Waals surface area contributed by atoms with Crippen LogP contribution < -0.4 is 20.1 Å². The second-order valence-electron chi connectivity index (χ2n) is 8.16. The van der Waals surface area contributed by atoms with Crippen LogP contribution in [0.5, 0.6) is 11.5 Å². The maximum Gasteiger partial charge on any atom is 0.337 e. The van der Waals surface area contributed by atoms with Crippen LogP contribution in [-0.4, -0.2) is 35.3 Å². The molecule has 1 aromatic heterocycles. The first kappa shape index (κ1) is 20.2. The van der Waals surface area contributed by atoms with E-state index in [1.807, 2.05) is 36.4 Å². The van der Waals surface area contributed by atoms with Crippen molar-refractivity contribution in [1.29, 1.82) is 0 Å². The minimum absolute atomic E-state index is 0.216. The molecule has 7 heteroatoms. The highest BCUT2D eigenvalue weighted by Crippen LogP contribution is 2.37. The summed E-state index contributed by atoms with van der Waals surface area (Å²) in [7, 11) is 0. The fraction of sp³-hybridized carbons (Fsp3) is 0.280. The number of anilines is 3. The topological polar surface area (TPSA) is 92.7 Å². The van der Waals surface area contributed by atoms with Crippen molar-refractivity contribution >= 4 is 23.0 Å². The number of benzene rings is 2. The molecule has 0 bridgehead atoms. The number of aromatic carboxylic acids is 1. The van der Waals surface area contributed by atoms with Crippen LogP contribution in [0.1, 0.15) is 41.1 Å². The number of nitrogens with zero attached hydrogens (tertiary/aromatic N) is 1. The highest BCUT2D eigenvalue weighted by atomic mass is 16.5. The van der Waals surface area contributed by atoms with E-state index in [2.05, 4.69) is 21.7 Å². The Hall–Kier alpha value is -3.74. The van der Waals surface area contributed by atoms with E-state index in [-0.39, 0.29) is 11.5 Å². The third kappa shape index (κ3) is 4.61. The average molecular weight is 431 g/mol. The molecule has 1 fully saturated rings. The summed E-state index contributed by atoms with van der Waals surface area (Å²) in [6.07, 6.45) is 6.59. The zero-order valence-electron chi connectivity index (χ0n) is 17.6. The summed E-state index contributed by atoms with van der Waals surface area (Å²) < 4.78 is 11.7. The summed E-state index contributed by atoms with van der Waals surface area (Å²) in [6.45, 7) is 1.23. The van der Waals surface area contributed by atoms with Crippen molar-refractivity contribution in [3.8, 4) is 11.5 Å². The molecule has 32 heavy (non-hydrogen) atoms. The van der Waals surface area contributed by atoms with Gasteiger partial charge in [-0.25, -0.2) is 4.79 Å². The van der Waals surface area contributed by atoms with Gasteiger partial charge in [-0.05, 0) is 61.2 Å². The molecule has 0 amide bonds. The third-order valence-electron chi connectivity index (χ3n) is 5.74. The molecule has 164 valence electrons. The Morgan fingerprint density at radius 2 is 1.91 bits per heavy atom. The van der Waals surface area contributed by atoms with Crippen molar-refractivity contribution < 1.29 is 19.4 Å². The number of fused-ring (bicyclic) bond motifs is 1. The summed E-state index contributed by atoms with van der Waals surface area (Å²) in [4.78, 5) is 15.5. The third-order valence-corrected chi connectivity index (χ3v) is 5.74. The maximum absolute atomic E-state index is 11.4. The van der Waals surface area contributed by atoms with E-state index in [1.165, 1.54) is 12.3 Å². The zero-order valence-corrected chi connectivity index (χ0v) is 17.6. The van der Waals surface area contributed by atoms with E-state index in [1.54, 1.807) is 6.20 Å². The minimum atomic E-state index is -0.967. The van der Waals surface area contributed by atoms with E-state index in [0.29, 0.717) is 24.9 Å². The van der Waals surface area contributed by atoms with Crippen LogP contribution in [0.15, 0.2) is 60.9 Å². The first-order valence-corrected chi connectivity index (χ1v) is 10.9. The molecule has 7 nitrogen and oxygen atoms in total. The van der Waals surface area contributed by atoms with Crippen LogP contribution in [0, 0.1) is 0 Å². The molecule has 0 saturated heterocycles. The van der Waals surface area contributed by atoms with E-state index >= 15 is 0 Å². The number of ether oxygens (including phenoxy) is 2. The zero-order chi connectivity index (χ0) is 21.9. The largest absolute Gasteiger partial charge is 0.493 e. The Bertz CT molecular complexity index is 1110. The molecule has 2 aromatic carbocycles. The van der Waals surface area contributed by atoms with Crippen LogP contribution in [0.3, 0.4) is 0 Å². The van der Waals surface area contributed by atoms with Crippen molar-refractivity contribution in [2.24, 2.45) is 0 Å². The van der Waals surface area contributed by atoms with Crippen molar-refractivity contribution in [3.63, 3.8) is 0 Å². The van der Waals surface area contributed by atoms with Gasteiger partial charge in [0.1, 0.15) is 11.5 Å². The predicted octanol–water partition coefficient (Wildman–Crippen LogP) is 5.04. The summed E-state index contributed by atoms with van der Waals surface area (Å²) >= 11 is 0. The highest BCUT2D eigenvalue weighted by molar-refractivity contribution is 5.93. The van der Waals surface area contributed by atoms with Gasteiger partial charge < -0.3 is 25.2 Å². The molecule has 3 aromatic rings. The number of hydrogen-bond acceptors (Lipinski definition) is 6. The fourth-order valence-electron chi connectivity index (χ4n) is 3.87. The molecule has 2 aliphatic rings. The second kappa shape index (κ2) is 8.78.